The van der Waals surface area contributed by atoms with Gasteiger partial charge in [0.2, 0.25) is 0 Å². The quantitative estimate of drug-likeness (QED) is 0.755. The molecule has 1 aliphatic rings. The molecule has 1 aromatic heterocycles. The van der Waals surface area contributed by atoms with Crippen LogP contribution in [-0.4, -0.2) is 28.5 Å². The summed E-state index contributed by atoms with van der Waals surface area (Å²) in [5, 5.41) is 2.22. The summed E-state index contributed by atoms with van der Waals surface area (Å²) in [6.07, 6.45) is 0. The van der Waals surface area contributed by atoms with E-state index in [1.54, 1.807) is 5.51 Å². The van der Waals surface area contributed by atoms with Crippen LogP contribution in [0.4, 0.5) is 4.79 Å². The number of urea groups is 1. The van der Waals surface area contributed by atoms with Crippen molar-refractivity contribution >= 4 is 35.7 Å². The number of rotatable bonds is 2. The van der Waals surface area contributed by atoms with Crippen molar-refractivity contribution in [3.8, 4) is 0 Å². The fourth-order valence-electron chi connectivity index (χ4n) is 1.54. The number of carbonyl (C=O) groups is 2. The Morgan fingerprint density at radius 2 is 2.31 bits per heavy atom. The number of thiazole rings is 1. The Hall–Kier alpha value is -1.18. The third kappa shape index (κ3) is 1.89. The molecule has 1 atom stereocenters. The lowest BCUT2D eigenvalue weighted by atomic mass is 10.2. The van der Waals surface area contributed by atoms with Crippen molar-refractivity contribution < 1.29 is 9.59 Å². The van der Waals surface area contributed by atoms with Crippen molar-refractivity contribution in [2.45, 2.75) is 13.0 Å². The number of nitrogens with two attached hydrogens (primary N) is 1. The lowest BCUT2D eigenvalue weighted by molar-refractivity contribution is -0.121. The number of halogens is 1. The second-order valence-electron chi connectivity index (χ2n) is 3.14. The number of aryl methyl sites for hydroxylation is 1. The van der Waals surface area contributed by atoms with Crippen LogP contribution >= 0.6 is 23.7 Å². The fraction of sp³-hybridized carbons (Fsp3) is 0.375. The molecule has 6 nitrogen and oxygen atoms in total. The monoisotopic (exact) mass is 262 g/mol. The summed E-state index contributed by atoms with van der Waals surface area (Å²) in [5.74, 6) is -0.362. The minimum absolute atomic E-state index is 0. The molecule has 0 spiro atoms. The van der Waals surface area contributed by atoms with Crippen molar-refractivity contribution in [3.05, 3.63) is 16.1 Å². The first-order valence-corrected chi connectivity index (χ1v) is 5.24. The van der Waals surface area contributed by atoms with E-state index >= 15 is 0 Å². The van der Waals surface area contributed by atoms with Gasteiger partial charge in [0.05, 0.1) is 17.9 Å². The van der Waals surface area contributed by atoms with E-state index in [-0.39, 0.29) is 25.0 Å². The molecule has 1 fully saturated rings. The average molecular weight is 263 g/mol. The number of hydrogen-bond acceptors (Lipinski definition) is 5. The van der Waals surface area contributed by atoms with Gasteiger partial charge in [-0.15, -0.1) is 23.7 Å². The Labute approximate surface area is 102 Å². The molecular formula is C8H11ClN4O2S. The normalized spacial score (nSPS) is 19.6. The maximum atomic E-state index is 11.5. The highest BCUT2D eigenvalue weighted by Gasteiger charge is 2.40. The Morgan fingerprint density at radius 1 is 1.62 bits per heavy atom. The summed E-state index contributed by atoms with van der Waals surface area (Å²) in [6, 6.07) is -1.13. The minimum Gasteiger partial charge on any atom is -0.314 e. The van der Waals surface area contributed by atoms with Gasteiger partial charge in [-0.3, -0.25) is 15.0 Å². The fourth-order valence-corrected chi connectivity index (χ4v) is 2.15. The number of aromatic nitrogens is 1. The van der Waals surface area contributed by atoms with Crippen molar-refractivity contribution in [3.63, 3.8) is 0 Å². The SMILES string of the molecule is Cc1scnc1C1C(=O)NC(=O)N1CN.Cl. The molecule has 16 heavy (non-hydrogen) atoms. The molecule has 3 N–H and O–H groups in total. The van der Waals surface area contributed by atoms with Gasteiger partial charge in [-0.2, -0.15) is 0 Å². The summed E-state index contributed by atoms with van der Waals surface area (Å²) in [4.78, 5) is 29.1. The maximum absolute atomic E-state index is 11.5. The molecule has 3 amide bonds. The van der Waals surface area contributed by atoms with E-state index in [1.165, 1.54) is 16.2 Å². The van der Waals surface area contributed by atoms with E-state index in [9.17, 15) is 9.59 Å². The van der Waals surface area contributed by atoms with Gasteiger partial charge in [0, 0.05) is 4.88 Å². The van der Waals surface area contributed by atoms with Gasteiger partial charge in [0.25, 0.3) is 5.91 Å². The average Bonchev–Trinajstić information content (AvgIpc) is 2.70. The highest BCUT2D eigenvalue weighted by atomic mass is 35.5. The molecule has 1 unspecified atom stereocenters. The summed E-state index contributed by atoms with van der Waals surface area (Å²) < 4.78 is 0. The van der Waals surface area contributed by atoms with Gasteiger partial charge in [0.15, 0.2) is 6.04 Å². The predicted octanol–water partition coefficient (Wildman–Crippen LogP) is 0.382. The summed E-state index contributed by atoms with van der Waals surface area (Å²) in [7, 11) is 0. The Bertz CT molecular complexity index is 422. The minimum atomic E-state index is -0.672. The van der Waals surface area contributed by atoms with E-state index in [2.05, 4.69) is 10.3 Å². The first-order chi connectivity index (χ1) is 7.15. The second-order valence-corrected chi connectivity index (χ2v) is 4.20. The van der Waals surface area contributed by atoms with Crippen LogP contribution in [0, 0.1) is 6.92 Å². The van der Waals surface area contributed by atoms with Crippen LogP contribution in [-0.2, 0) is 4.79 Å². The van der Waals surface area contributed by atoms with E-state index in [4.69, 9.17) is 5.73 Å². The first-order valence-electron chi connectivity index (χ1n) is 4.36. The van der Waals surface area contributed by atoms with Crippen molar-refractivity contribution in [2.75, 3.05) is 6.67 Å². The molecule has 2 heterocycles. The third-order valence-electron chi connectivity index (χ3n) is 2.29. The largest absolute Gasteiger partial charge is 0.326 e. The van der Waals surface area contributed by atoms with Crippen molar-refractivity contribution in [1.29, 1.82) is 0 Å². The maximum Gasteiger partial charge on any atom is 0.326 e. The Kier molecular flexibility index (Phi) is 3.84. The van der Waals surface area contributed by atoms with E-state index < -0.39 is 12.1 Å². The second kappa shape index (κ2) is 4.77. The Morgan fingerprint density at radius 3 is 2.81 bits per heavy atom. The number of carbonyl (C=O) groups excluding carboxylic acids is 2. The molecule has 0 saturated carbocycles. The van der Waals surface area contributed by atoms with Gasteiger partial charge in [-0.25, -0.2) is 9.78 Å². The predicted molar refractivity (Wildman–Crippen MR) is 61.3 cm³/mol. The molecule has 1 aromatic rings. The molecule has 1 saturated heterocycles. The zero-order valence-corrected chi connectivity index (χ0v) is 10.1. The molecule has 0 aromatic carbocycles. The zero-order valence-electron chi connectivity index (χ0n) is 8.47. The van der Waals surface area contributed by atoms with E-state index in [0.717, 1.165) is 4.88 Å². The van der Waals surface area contributed by atoms with Gasteiger partial charge < -0.3 is 5.73 Å². The van der Waals surface area contributed by atoms with Crippen LogP contribution in [0.5, 0.6) is 0 Å². The molecule has 8 heteroatoms. The molecule has 88 valence electrons. The standard InChI is InChI=1S/C8H10N4O2S.ClH/c1-4-5(10-3-15-4)6-7(13)11-8(14)12(6)2-9;/h3,6H,2,9H2,1H3,(H,11,13,14);1H. The lowest BCUT2D eigenvalue weighted by Crippen LogP contribution is -2.35. The summed E-state index contributed by atoms with van der Waals surface area (Å²) >= 11 is 1.44. The van der Waals surface area contributed by atoms with Crippen LogP contribution in [0.2, 0.25) is 0 Å². The highest BCUT2D eigenvalue weighted by molar-refractivity contribution is 7.09. The zero-order chi connectivity index (χ0) is 11.0. The van der Waals surface area contributed by atoms with Crippen LogP contribution in [0.15, 0.2) is 5.51 Å². The molecular weight excluding hydrogens is 252 g/mol. The van der Waals surface area contributed by atoms with Crippen LogP contribution in [0.3, 0.4) is 0 Å². The van der Waals surface area contributed by atoms with Crippen molar-refractivity contribution in [2.24, 2.45) is 5.73 Å². The highest BCUT2D eigenvalue weighted by Crippen LogP contribution is 2.27. The smallest absolute Gasteiger partial charge is 0.314 e. The Balaban J connectivity index is 0.00000128. The summed E-state index contributed by atoms with van der Waals surface area (Å²) in [6.45, 7) is 1.86. The third-order valence-corrected chi connectivity index (χ3v) is 3.06. The van der Waals surface area contributed by atoms with E-state index in [0.29, 0.717) is 5.69 Å². The molecule has 1 aliphatic heterocycles. The number of hydrogen-bond donors (Lipinski definition) is 2. The van der Waals surface area contributed by atoms with Crippen LogP contribution in [0.25, 0.3) is 0 Å². The summed E-state index contributed by atoms with van der Waals surface area (Å²) in [5.41, 5.74) is 7.68. The molecule has 0 bridgehead atoms. The van der Waals surface area contributed by atoms with E-state index in [1.807, 2.05) is 6.92 Å². The number of imide groups is 1. The van der Waals surface area contributed by atoms with Gasteiger partial charge >= 0.3 is 6.03 Å². The van der Waals surface area contributed by atoms with Gasteiger partial charge in [0.1, 0.15) is 0 Å². The molecule has 2 rings (SSSR count). The van der Waals surface area contributed by atoms with Crippen LogP contribution < -0.4 is 11.1 Å². The number of amides is 3. The van der Waals surface area contributed by atoms with Crippen molar-refractivity contribution in [1.82, 2.24) is 15.2 Å². The topological polar surface area (TPSA) is 88.3 Å². The molecule has 0 radical (unpaired) electrons. The number of nitrogens with zero attached hydrogens (tertiary/aromatic N) is 2. The molecule has 0 aliphatic carbocycles. The number of nitrogens with one attached hydrogen (secondary N) is 1. The van der Waals surface area contributed by atoms with Gasteiger partial charge in [-0.1, -0.05) is 0 Å². The van der Waals surface area contributed by atoms with Gasteiger partial charge in [-0.05, 0) is 6.92 Å². The van der Waals surface area contributed by atoms with Crippen LogP contribution in [0.1, 0.15) is 16.6 Å². The lowest BCUT2D eigenvalue weighted by Gasteiger charge is -2.18. The first kappa shape index (κ1) is 12.9.